The number of rotatable bonds is 6. The van der Waals surface area contributed by atoms with E-state index in [9.17, 15) is 0 Å². The van der Waals surface area contributed by atoms with E-state index in [4.69, 9.17) is 7.16 Å². The van der Waals surface area contributed by atoms with E-state index in [1.807, 2.05) is 63.2 Å². The molecule has 7 rings (SSSR count). The van der Waals surface area contributed by atoms with Gasteiger partial charge in [0.1, 0.15) is 5.58 Å². The van der Waals surface area contributed by atoms with Gasteiger partial charge in [0.25, 0.3) is 0 Å². The van der Waals surface area contributed by atoms with Crippen molar-refractivity contribution in [2.24, 2.45) is 5.41 Å². The number of furan rings is 1. The maximum atomic E-state index is 8.72. The molecule has 5 heteroatoms. The molecule has 0 aliphatic heterocycles. The number of hydrogen-bond acceptors (Lipinski definition) is 3. The number of hydrogen-bond donors (Lipinski definition) is 0. The van der Waals surface area contributed by atoms with Gasteiger partial charge in [-0.25, -0.2) is 0 Å². The smallest absolute Gasteiger partial charge is 0.129 e. The van der Waals surface area contributed by atoms with Crippen molar-refractivity contribution in [2.75, 3.05) is 0 Å². The molecule has 263 valence electrons. The fourth-order valence-electron chi connectivity index (χ4n) is 6.51. The third kappa shape index (κ3) is 8.80. The summed E-state index contributed by atoms with van der Waals surface area (Å²) in [6, 6.07) is 39.0. The minimum Gasteiger partial charge on any atom is -0.500 e. The topological polar surface area (TPSA) is 38.9 Å². The van der Waals surface area contributed by atoms with Gasteiger partial charge < -0.3 is 9.40 Å². The minimum atomic E-state index is -1.77. The minimum absolute atomic E-state index is 0. The molecule has 0 unspecified atom stereocenters. The summed E-state index contributed by atoms with van der Waals surface area (Å²) in [5.41, 5.74) is 9.99. The molecule has 3 heterocycles. The first-order chi connectivity index (χ1) is 24.6. The van der Waals surface area contributed by atoms with Gasteiger partial charge in [0.15, 0.2) is 0 Å². The van der Waals surface area contributed by atoms with Crippen molar-refractivity contribution in [1.29, 1.82) is 0 Å². The van der Waals surface area contributed by atoms with Crippen molar-refractivity contribution in [1.82, 2.24) is 9.97 Å². The van der Waals surface area contributed by atoms with E-state index in [0.717, 1.165) is 49.9 Å². The average Bonchev–Trinajstić information content (AvgIpc) is 3.50. The van der Waals surface area contributed by atoms with Crippen LogP contribution in [0.25, 0.3) is 55.6 Å². The Labute approximate surface area is 323 Å². The summed E-state index contributed by atoms with van der Waals surface area (Å²) in [4.78, 5) is 9.19. The number of aryl methyl sites for hydroxylation is 1. The van der Waals surface area contributed by atoms with Gasteiger partial charge >= 0.3 is 106 Å². The molecule has 51 heavy (non-hydrogen) atoms. The molecule has 0 aliphatic carbocycles. The number of aromatic nitrogens is 2. The Balaban J connectivity index is 0.000000253. The molecule has 0 fully saturated rings. The Bertz CT molecular complexity index is 2340. The molecule has 0 saturated carbocycles. The summed E-state index contributed by atoms with van der Waals surface area (Å²) in [6.07, 6.45) is 2.24. The molecule has 3 aromatic heterocycles. The number of fused-ring (bicyclic) bond motifs is 3. The van der Waals surface area contributed by atoms with E-state index in [1.54, 1.807) is 12.3 Å². The van der Waals surface area contributed by atoms with Crippen LogP contribution in [-0.2, 0) is 26.5 Å². The molecular weight excluding hydrogens is 861 g/mol. The van der Waals surface area contributed by atoms with Crippen LogP contribution in [0.4, 0.5) is 0 Å². The van der Waals surface area contributed by atoms with Crippen LogP contribution in [0.1, 0.15) is 60.0 Å². The first-order valence-corrected chi connectivity index (χ1v) is 24.8. The van der Waals surface area contributed by atoms with Crippen LogP contribution in [0, 0.1) is 24.5 Å². The van der Waals surface area contributed by atoms with Gasteiger partial charge in [0.2, 0.25) is 0 Å². The second-order valence-corrected chi connectivity index (χ2v) is 25.9. The van der Waals surface area contributed by atoms with Gasteiger partial charge in [-0.1, -0.05) is 99.7 Å². The van der Waals surface area contributed by atoms with Gasteiger partial charge in [-0.2, -0.15) is 0 Å². The largest absolute Gasteiger partial charge is 0.500 e. The van der Waals surface area contributed by atoms with Gasteiger partial charge in [-0.15, -0.1) is 18.2 Å². The molecule has 3 nitrogen and oxygen atoms in total. The molecule has 0 spiro atoms. The Hall–Kier alpha value is -3.83. The van der Waals surface area contributed by atoms with E-state index in [-0.39, 0.29) is 20.1 Å². The average molecular weight is 912 g/mol. The van der Waals surface area contributed by atoms with Crippen molar-refractivity contribution >= 4 is 39.6 Å². The predicted octanol–water partition coefficient (Wildman–Crippen LogP) is 12.2. The van der Waals surface area contributed by atoms with Gasteiger partial charge in [0, 0.05) is 40.0 Å². The van der Waals surface area contributed by atoms with Crippen LogP contribution >= 0.6 is 0 Å². The molecule has 0 aliphatic rings. The second kappa shape index (κ2) is 15.8. The summed E-state index contributed by atoms with van der Waals surface area (Å²) in [5, 5.41) is 2.06. The molecule has 1 radical (unpaired) electrons. The van der Waals surface area contributed by atoms with E-state index in [0.29, 0.717) is 17.2 Å². The maximum absolute atomic E-state index is 8.72. The number of nitrogens with zero attached hydrogens (tertiary/aromatic N) is 2. The third-order valence-electron chi connectivity index (χ3n) is 8.76. The fourth-order valence-corrected chi connectivity index (χ4v) is 10.1. The van der Waals surface area contributed by atoms with Gasteiger partial charge in [0.05, 0.1) is 5.58 Å². The first kappa shape index (κ1) is 35.6. The van der Waals surface area contributed by atoms with E-state index in [2.05, 4.69) is 115 Å². The van der Waals surface area contributed by atoms with Crippen molar-refractivity contribution in [3.63, 3.8) is 0 Å². The quantitative estimate of drug-likeness (QED) is 0.123. The van der Waals surface area contributed by atoms with Crippen molar-refractivity contribution in [2.45, 2.75) is 71.1 Å². The summed E-state index contributed by atoms with van der Waals surface area (Å²) in [7, 11) is 0. The Morgan fingerprint density at radius 1 is 0.804 bits per heavy atom. The van der Waals surface area contributed by atoms with Gasteiger partial charge in [-0.3, -0.25) is 0 Å². The normalized spacial score (nSPS) is 12.6. The van der Waals surface area contributed by atoms with Crippen LogP contribution in [0.5, 0.6) is 0 Å². The fraction of sp³-hybridized carbons (Fsp3) is 0.261. The summed E-state index contributed by atoms with van der Waals surface area (Å²) < 4.78 is 25.6. The molecule has 0 bridgehead atoms. The van der Waals surface area contributed by atoms with Crippen LogP contribution < -0.4 is 4.40 Å². The Morgan fingerprint density at radius 2 is 1.53 bits per heavy atom. The third-order valence-corrected chi connectivity index (χ3v) is 13.2. The molecule has 7 aromatic rings. The molecule has 0 saturated heterocycles. The van der Waals surface area contributed by atoms with Crippen LogP contribution in [0.15, 0.2) is 114 Å². The predicted molar refractivity (Wildman–Crippen MR) is 215 cm³/mol. The summed E-state index contributed by atoms with van der Waals surface area (Å²) in [5.74, 6) is 7.54. The van der Waals surface area contributed by atoms with E-state index in [1.165, 1.54) is 15.5 Å². The molecule has 4 aromatic carbocycles. The summed E-state index contributed by atoms with van der Waals surface area (Å²) >= 11 is -1.77. The summed E-state index contributed by atoms with van der Waals surface area (Å²) in [6.45, 7) is 12.3. The Morgan fingerprint density at radius 3 is 2.18 bits per heavy atom. The Kier molecular flexibility index (Phi) is 11.0. The zero-order valence-electron chi connectivity index (χ0n) is 33.1. The van der Waals surface area contributed by atoms with Gasteiger partial charge in [-0.05, 0) is 40.6 Å². The standard InChI is InChI=1S/C31H30NO.C15H18GeN.Ir/c1-20(2)23-14-15-25-24-12-9-13-26(27-18-21(16-17-32-27)19-31(3,4)5)29(24)33-30(25)28(23)22-10-7-6-8-11-22;1-12-10-15(13-8-6-5-7-9-13)17-11-14(12)16(2,3)4;/h6-12,14-18,20H,19H2,1-5H3;5-8,10-11H,1-4H3;/q2*-1;/i19D2;;. The first-order valence-electron chi connectivity index (χ1n) is 18.4. The number of pyridine rings is 2. The number of benzene rings is 4. The molecule has 0 N–H and O–H groups in total. The SMILES string of the molecule is Cc1cc(-c2[c-]cccc2)nc[c]1[Ge]([CH3])([CH3])[CH3].[2H]C([2H])(c1ccnc(-c2[c-]ccc3c2oc2c(-c4ccccc4)c(C(C)C)ccc23)c1)C(C)(C)C.[Ir]. The van der Waals surface area contributed by atoms with Crippen molar-refractivity contribution in [3.05, 3.63) is 138 Å². The van der Waals surface area contributed by atoms with Crippen LogP contribution in [0.3, 0.4) is 0 Å². The molecule has 0 atom stereocenters. The van der Waals surface area contributed by atoms with E-state index >= 15 is 0 Å². The second-order valence-electron chi connectivity index (χ2n) is 15.3. The van der Waals surface area contributed by atoms with Crippen molar-refractivity contribution < 1.29 is 27.3 Å². The zero-order valence-corrected chi connectivity index (χ0v) is 35.6. The monoisotopic (exact) mass is 913 g/mol. The zero-order chi connectivity index (χ0) is 37.4. The molecular formula is C46H48GeIrN2O-2. The van der Waals surface area contributed by atoms with E-state index < -0.39 is 25.1 Å². The van der Waals surface area contributed by atoms with Crippen LogP contribution in [-0.4, -0.2) is 23.2 Å². The molecule has 0 amide bonds. The maximum Gasteiger partial charge on any atom is 0.129 e. The van der Waals surface area contributed by atoms with Crippen molar-refractivity contribution in [3.8, 4) is 33.6 Å². The van der Waals surface area contributed by atoms with Crippen LogP contribution in [0.2, 0.25) is 17.3 Å².